The molecule has 0 aromatic rings. The van der Waals surface area contributed by atoms with Gasteiger partial charge in [-0.2, -0.15) is 0 Å². The molecule has 0 saturated carbocycles. The van der Waals surface area contributed by atoms with E-state index < -0.39 is 0 Å². The second-order valence-corrected chi connectivity index (χ2v) is 1.62. The summed E-state index contributed by atoms with van der Waals surface area (Å²) in [6, 6.07) is 0. The van der Waals surface area contributed by atoms with E-state index >= 15 is 0 Å². The maximum absolute atomic E-state index is 10.7. The molecule has 0 aromatic heterocycles. The number of hydrogen-bond donors (Lipinski definition) is 0. The van der Waals surface area contributed by atoms with Crippen LogP contribution in [-0.4, -0.2) is 18.3 Å². The fourth-order valence-electron chi connectivity index (χ4n) is 0.425. The normalized spacial score (nSPS) is 10.8. The number of carbonyl (C=O) groups excluding carboxylic acids is 1. The Bertz CT molecular complexity index is 161. The molecule has 10 heavy (non-hydrogen) atoms. The molecule has 56 valence electrons. The van der Waals surface area contributed by atoms with Crippen LogP contribution in [0.5, 0.6) is 0 Å². The molecule has 0 atom stereocenters. The summed E-state index contributed by atoms with van der Waals surface area (Å²) in [7, 11) is 0. The van der Waals surface area contributed by atoms with Crippen LogP contribution >= 0.6 is 0 Å². The second kappa shape index (κ2) is 4.73. The monoisotopic (exact) mass is 141 g/mol. The summed E-state index contributed by atoms with van der Waals surface area (Å²) in [5.74, 6) is -0.387. The summed E-state index contributed by atoms with van der Waals surface area (Å²) < 4.78 is 4.64. The van der Waals surface area contributed by atoms with E-state index in [0.717, 1.165) is 0 Å². The molecule has 3 nitrogen and oxygen atoms in total. The number of aliphatic imine (C=N–C) groups is 1. The molecular weight excluding hydrogens is 130 g/mol. The van der Waals surface area contributed by atoms with Crippen molar-refractivity contribution in [2.75, 3.05) is 6.61 Å². The number of hydrogen-bond acceptors (Lipinski definition) is 3. The lowest BCUT2D eigenvalue weighted by Gasteiger charge is -1.97. The van der Waals surface area contributed by atoms with Crippen LogP contribution in [0, 0.1) is 0 Å². The first-order chi connectivity index (χ1) is 4.72. The third-order valence-corrected chi connectivity index (χ3v) is 0.856. The molecule has 0 N–H and O–H groups in total. The quantitative estimate of drug-likeness (QED) is 0.437. The first-order valence-electron chi connectivity index (χ1n) is 3.04. The Morgan fingerprint density at radius 3 is 2.80 bits per heavy atom. The van der Waals surface area contributed by atoms with Crippen molar-refractivity contribution in [1.29, 1.82) is 0 Å². The van der Waals surface area contributed by atoms with E-state index in [1.807, 2.05) is 0 Å². The molecule has 0 aliphatic carbocycles. The average Bonchev–Trinajstić information content (AvgIpc) is 1.89. The SMILES string of the molecule is C=CN=C(C)C(=O)OCC. The van der Waals surface area contributed by atoms with Crippen molar-refractivity contribution in [3.63, 3.8) is 0 Å². The number of ether oxygens (including phenoxy) is 1. The minimum absolute atomic E-state index is 0.330. The van der Waals surface area contributed by atoms with E-state index in [1.54, 1.807) is 13.8 Å². The van der Waals surface area contributed by atoms with Gasteiger partial charge in [0.25, 0.3) is 0 Å². The van der Waals surface area contributed by atoms with E-state index in [2.05, 4.69) is 16.3 Å². The summed E-state index contributed by atoms with van der Waals surface area (Å²) in [6.45, 7) is 7.06. The Labute approximate surface area is 60.4 Å². The van der Waals surface area contributed by atoms with E-state index in [1.165, 1.54) is 6.20 Å². The Morgan fingerprint density at radius 2 is 2.40 bits per heavy atom. The summed E-state index contributed by atoms with van der Waals surface area (Å²) in [5.41, 5.74) is 0.330. The topological polar surface area (TPSA) is 38.7 Å². The number of carbonyl (C=O) groups is 1. The van der Waals surface area contributed by atoms with Gasteiger partial charge in [0.2, 0.25) is 0 Å². The van der Waals surface area contributed by atoms with E-state index in [4.69, 9.17) is 0 Å². The van der Waals surface area contributed by atoms with E-state index in [9.17, 15) is 4.79 Å². The molecule has 0 spiro atoms. The largest absolute Gasteiger partial charge is 0.462 e. The van der Waals surface area contributed by atoms with Gasteiger partial charge in [-0.25, -0.2) is 4.79 Å². The number of esters is 1. The molecule has 0 bridgehead atoms. The van der Waals surface area contributed by atoms with Crippen molar-refractivity contribution in [2.45, 2.75) is 13.8 Å². The highest BCUT2D eigenvalue weighted by Crippen LogP contribution is 1.84. The molecular formula is C7H11NO2. The van der Waals surface area contributed by atoms with Crippen LogP contribution in [0.25, 0.3) is 0 Å². The van der Waals surface area contributed by atoms with Gasteiger partial charge < -0.3 is 4.74 Å². The van der Waals surface area contributed by atoms with E-state index in [-0.39, 0.29) is 5.97 Å². The van der Waals surface area contributed by atoms with Gasteiger partial charge in [-0.3, -0.25) is 4.99 Å². The minimum Gasteiger partial charge on any atom is -0.462 e. The number of nitrogens with zero attached hydrogens (tertiary/aromatic N) is 1. The molecule has 0 heterocycles. The lowest BCUT2D eigenvalue weighted by atomic mass is 10.4. The van der Waals surface area contributed by atoms with Gasteiger partial charge in [-0.1, -0.05) is 6.58 Å². The van der Waals surface area contributed by atoms with Crippen LogP contribution in [0.4, 0.5) is 0 Å². The van der Waals surface area contributed by atoms with Crippen LogP contribution in [0.3, 0.4) is 0 Å². The standard InChI is InChI=1S/C7H11NO2/c1-4-8-6(3)7(9)10-5-2/h4H,1,5H2,2-3H3. The van der Waals surface area contributed by atoms with Gasteiger partial charge in [0.1, 0.15) is 5.71 Å². The molecule has 0 unspecified atom stereocenters. The second-order valence-electron chi connectivity index (χ2n) is 1.62. The summed E-state index contributed by atoms with van der Waals surface area (Å²) >= 11 is 0. The van der Waals surface area contributed by atoms with Crippen molar-refractivity contribution in [3.8, 4) is 0 Å². The van der Waals surface area contributed by atoms with Crippen molar-refractivity contribution in [3.05, 3.63) is 12.8 Å². The molecule has 0 amide bonds. The maximum Gasteiger partial charge on any atom is 0.352 e. The Kier molecular flexibility index (Phi) is 4.20. The molecule has 0 aromatic carbocycles. The van der Waals surface area contributed by atoms with Gasteiger partial charge in [0.15, 0.2) is 0 Å². The van der Waals surface area contributed by atoms with Crippen LogP contribution in [0.2, 0.25) is 0 Å². The van der Waals surface area contributed by atoms with Crippen molar-refractivity contribution < 1.29 is 9.53 Å². The Hall–Kier alpha value is -1.12. The molecule has 3 heteroatoms. The zero-order valence-corrected chi connectivity index (χ0v) is 6.26. The predicted molar refractivity (Wildman–Crippen MR) is 39.9 cm³/mol. The molecule has 0 saturated heterocycles. The zero-order valence-electron chi connectivity index (χ0n) is 6.26. The highest BCUT2D eigenvalue weighted by atomic mass is 16.5. The van der Waals surface area contributed by atoms with Crippen LogP contribution < -0.4 is 0 Å². The predicted octanol–water partition coefficient (Wildman–Crippen LogP) is 1.15. The molecule has 0 fully saturated rings. The molecule has 0 radical (unpaired) electrons. The Morgan fingerprint density at radius 1 is 1.80 bits per heavy atom. The highest BCUT2D eigenvalue weighted by Gasteiger charge is 2.03. The van der Waals surface area contributed by atoms with Gasteiger partial charge >= 0.3 is 5.97 Å². The van der Waals surface area contributed by atoms with Gasteiger partial charge in [0.05, 0.1) is 6.61 Å². The average molecular weight is 141 g/mol. The van der Waals surface area contributed by atoms with E-state index in [0.29, 0.717) is 12.3 Å². The van der Waals surface area contributed by atoms with Crippen molar-refractivity contribution >= 4 is 11.7 Å². The summed E-state index contributed by atoms with van der Waals surface area (Å²) in [5, 5.41) is 0. The smallest absolute Gasteiger partial charge is 0.352 e. The lowest BCUT2D eigenvalue weighted by Crippen LogP contribution is -2.13. The maximum atomic E-state index is 10.7. The Balaban J connectivity index is 3.93. The summed E-state index contributed by atoms with van der Waals surface area (Å²) in [6.07, 6.45) is 1.31. The van der Waals surface area contributed by atoms with Crippen molar-refractivity contribution in [2.24, 2.45) is 4.99 Å². The fraction of sp³-hybridized carbons (Fsp3) is 0.429. The minimum atomic E-state index is -0.387. The highest BCUT2D eigenvalue weighted by molar-refractivity contribution is 6.35. The fourth-order valence-corrected chi connectivity index (χ4v) is 0.425. The van der Waals surface area contributed by atoms with Gasteiger partial charge in [-0.05, 0) is 13.8 Å². The zero-order chi connectivity index (χ0) is 7.98. The van der Waals surface area contributed by atoms with Gasteiger partial charge in [-0.15, -0.1) is 0 Å². The van der Waals surface area contributed by atoms with Crippen molar-refractivity contribution in [1.82, 2.24) is 0 Å². The van der Waals surface area contributed by atoms with Crippen LogP contribution in [0.15, 0.2) is 17.8 Å². The first-order valence-corrected chi connectivity index (χ1v) is 3.04. The lowest BCUT2D eigenvalue weighted by molar-refractivity contribution is -0.135. The van der Waals surface area contributed by atoms with Crippen LogP contribution in [0.1, 0.15) is 13.8 Å². The number of rotatable bonds is 3. The third-order valence-electron chi connectivity index (χ3n) is 0.856. The van der Waals surface area contributed by atoms with Crippen LogP contribution in [-0.2, 0) is 9.53 Å². The van der Waals surface area contributed by atoms with Gasteiger partial charge in [0, 0.05) is 6.20 Å². The third kappa shape index (κ3) is 3.02. The molecule has 0 aliphatic heterocycles. The summed E-state index contributed by atoms with van der Waals surface area (Å²) in [4.78, 5) is 14.4. The molecule has 0 rings (SSSR count). The first kappa shape index (κ1) is 8.88. The molecule has 0 aliphatic rings.